The minimum atomic E-state index is -0.532. The summed E-state index contributed by atoms with van der Waals surface area (Å²) in [5.74, 6) is 0.0940. The summed E-state index contributed by atoms with van der Waals surface area (Å²) in [6.45, 7) is 3.73. The van der Waals surface area contributed by atoms with E-state index in [-0.39, 0.29) is 29.8 Å². The molecule has 3 aromatic rings. The molecular weight excluding hydrogens is 443 g/mol. The Balaban J connectivity index is 2.14. The molecule has 2 heterocycles. The van der Waals surface area contributed by atoms with Crippen LogP contribution < -0.4 is 10.4 Å². The van der Waals surface area contributed by atoms with Crippen LogP contribution in [0.2, 0.25) is 0 Å². The third-order valence-electron chi connectivity index (χ3n) is 4.17. The van der Waals surface area contributed by atoms with Gasteiger partial charge in [0.2, 0.25) is 0 Å². The fourth-order valence-corrected chi connectivity index (χ4v) is 3.12. The topological polar surface area (TPSA) is 79.0 Å². The molecule has 3 rings (SSSR count). The lowest BCUT2D eigenvalue weighted by molar-refractivity contribution is -0.120. The summed E-state index contributed by atoms with van der Waals surface area (Å²) >= 11 is 3.30. The van der Waals surface area contributed by atoms with Crippen LogP contribution in [0, 0.1) is 11.7 Å². The average Bonchev–Trinajstić information content (AvgIpc) is 2.99. The quantitative estimate of drug-likeness (QED) is 0.535. The van der Waals surface area contributed by atoms with Crippen LogP contribution in [0.5, 0.6) is 5.75 Å². The Morgan fingerprint density at radius 2 is 2.03 bits per heavy atom. The molecular formula is C20H20BrFN4O3. The summed E-state index contributed by atoms with van der Waals surface area (Å²) in [5, 5.41) is 4.38. The first-order valence-electron chi connectivity index (χ1n) is 8.97. The van der Waals surface area contributed by atoms with Crippen molar-refractivity contribution >= 4 is 21.7 Å². The van der Waals surface area contributed by atoms with Gasteiger partial charge in [0.05, 0.1) is 13.7 Å². The lowest BCUT2D eigenvalue weighted by Gasteiger charge is -2.08. The predicted octanol–water partition coefficient (Wildman–Crippen LogP) is 3.62. The Kier molecular flexibility index (Phi) is 6.26. The lowest BCUT2D eigenvalue weighted by atomic mass is 10.1. The number of ketones is 1. The van der Waals surface area contributed by atoms with Gasteiger partial charge in [-0.3, -0.25) is 9.36 Å². The Bertz CT molecular complexity index is 1090. The lowest BCUT2D eigenvalue weighted by Crippen LogP contribution is -2.27. The zero-order valence-electron chi connectivity index (χ0n) is 16.2. The highest BCUT2D eigenvalue weighted by Crippen LogP contribution is 2.25. The first kappa shape index (κ1) is 20.9. The molecule has 0 aliphatic rings. The number of pyridine rings is 1. The van der Waals surface area contributed by atoms with E-state index in [1.54, 1.807) is 18.3 Å². The zero-order valence-corrected chi connectivity index (χ0v) is 17.8. The third-order valence-corrected chi connectivity index (χ3v) is 4.64. The maximum atomic E-state index is 13.8. The second kappa shape index (κ2) is 8.69. The van der Waals surface area contributed by atoms with Crippen molar-refractivity contribution in [2.75, 3.05) is 7.11 Å². The van der Waals surface area contributed by atoms with Crippen LogP contribution >= 0.6 is 15.9 Å². The van der Waals surface area contributed by atoms with Crippen LogP contribution in [-0.2, 0) is 11.3 Å². The van der Waals surface area contributed by atoms with E-state index in [1.165, 1.54) is 29.9 Å². The van der Waals surface area contributed by atoms with Gasteiger partial charge in [0.1, 0.15) is 0 Å². The van der Waals surface area contributed by atoms with Crippen LogP contribution in [-0.4, -0.2) is 32.2 Å². The molecule has 0 radical (unpaired) electrons. The number of Topliss-reactive ketones (excluding diaryl/α,β-unsaturated/α-hetero) is 1. The van der Waals surface area contributed by atoms with Crippen molar-refractivity contribution in [2.45, 2.75) is 26.8 Å². The molecule has 0 aliphatic carbocycles. The second-order valence-corrected chi connectivity index (χ2v) is 7.84. The van der Waals surface area contributed by atoms with Gasteiger partial charge in [0.25, 0.3) is 0 Å². The maximum Gasteiger partial charge on any atom is 0.352 e. The molecule has 0 saturated heterocycles. The van der Waals surface area contributed by atoms with E-state index in [4.69, 9.17) is 4.74 Å². The number of carbonyl (C=O) groups is 1. The van der Waals surface area contributed by atoms with Gasteiger partial charge in [-0.25, -0.2) is 14.2 Å². The number of hydrogen-bond acceptors (Lipinski definition) is 5. The highest BCUT2D eigenvalue weighted by Gasteiger charge is 2.20. The molecule has 0 amide bonds. The molecule has 152 valence electrons. The summed E-state index contributed by atoms with van der Waals surface area (Å²) in [4.78, 5) is 29.7. The molecule has 0 bridgehead atoms. The van der Waals surface area contributed by atoms with Crippen molar-refractivity contribution in [3.8, 4) is 23.0 Å². The largest absolute Gasteiger partial charge is 0.494 e. The summed E-state index contributed by atoms with van der Waals surface area (Å²) in [7, 11) is 1.35. The Labute approximate surface area is 175 Å². The molecule has 2 aromatic heterocycles. The molecule has 0 spiro atoms. The third kappa shape index (κ3) is 4.61. The van der Waals surface area contributed by atoms with Gasteiger partial charge >= 0.3 is 5.69 Å². The summed E-state index contributed by atoms with van der Waals surface area (Å²) in [6, 6.07) is 7.53. The van der Waals surface area contributed by atoms with Crippen molar-refractivity contribution in [2.24, 2.45) is 5.92 Å². The first-order valence-corrected chi connectivity index (χ1v) is 9.77. The number of halogens is 2. The van der Waals surface area contributed by atoms with Crippen molar-refractivity contribution < 1.29 is 13.9 Å². The van der Waals surface area contributed by atoms with Gasteiger partial charge in [-0.2, -0.15) is 4.68 Å². The number of ether oxygens (including phenoxy) is 1. The fourth-order valence-electron chi connectivity index (χ4n) is 2.89. The predicted molar refractivity (Wildman–Crippen MR) is 110 cm³/mol. The molecule has 0 fully saturated rings. The van der Waals surface area contributed by atoms with Gasteiger partial charge < -0.3 is 4.74 Å². The Morgan fingerprint density at radius 3 is 2.66 bits per heavy atom. The standard InChI is InChI=1S/C20H20BrFN4O3/c1-12(2)8-15(27)11-25-19(13-4-6-16(22)17(9-13)29-3)24-26(20(25)28)18-7-5-14(21)10-23-18/h4-7,9-10,12H,8,11H2,1-3H3. The van der Waals surface area contributed by atoms with Crippen LogP contribution in [0.3, 0.4) is 0 Å². The molecule has 1 aromatic carbocycles. The molecule has 9 heteroatoms. The van der Waals surface area contributed by atoms with E-state index in [2.05, 4.69) is 26.0 Å². The highest BCUT2D eigenvalue weighted by molar-refractivity contribution is 9.10. The number of methoxy groups -OCH3 is 1. The van der Waals surface area contributed by atoms with Gasteiger partial charge in [-0.1, -0.05) is 13.8 Å². The highest BCUT2D eigenvalue weighted by atomic mass is 79.9. The fraction of sp³-hybridized carbons (Fsp3) is 0.300. The molecule has 29 heavy (non-hydrogen) atoms. The molecule has 0 aliphatic heterocycles. The molecule has 0 atom stereocenters. The SMILES string of the molecule is COc1cc(-c2nn(-c3ccc(Br)cn3)c(=O)n2CC(=O)CC(C)C)ccc1F. The number of benzene rings is 1. The van der Waals surface area contributed by atoms with E-state index in [1.807, 2.05) is 13.8 Å². The van der Waals surface area contributed by atoms with Gasteiger partial charge in [-0.05, 0) is 52.2 Å². The van der Waals surface area contributed by atoms with E-state index in [9.17, 15) is 14.0 Å². The Morgan fingerprint density at radius 1 is 1.28 bits per heavy atom. The number of carbonyl (C=O) groups excluding carboxylic acids is 1. The van der Waals surface area contributed by atoms with Crippen molar-refractivity contribution in [1.82, 2.24) is 19.3 Å². The second-order valence-electron chi connectivity index (χ2n) is 6.92. The molecule has 0 unspecified atom stereocenters. The molecule has 0 N–H and O–H groups in total. The van der Waals surface area contributed by atoms with E-state index >= 15 is 0 Å². The van der Waals surface area contributed by atoms with E-state index in [0.29, 0.717) is 17.8 Å². The van der Waals surface area contributed by atoms with Gasteiger partial charge in [0.15, 0.2) is 29.0 Å². The van der Waals surface area contributed by atoms with Crippen LogP contribution in [0.1, 0.15) is 20.3 Å². The van der Waals surface area contributed by atoms with Crippen molar-refractivity contribution in [3.05, 3.63) is 57.3 Å². The van der Waals surface area contributed by atoms with E-state index < -0.39 is 11.5 Å². The minimum Gasteiger partial charge on any atom is -0.494 e. The zero-order chi connectivity index (χ0) is 21.1. The summed E-state index contributed by atoms with van der Waals surface area (Å²) < 4.78 is 22.0. The van der Waals surface area contributed by atoms with Crippen molar-refractivity contribution in [3.63, 3.8) is 0 Å². The monoisotopic (exact) mass is 462 g/mol. The van der Waals surface area contributed by atoms with Crippen molar-refractivity contribution in [1.29, 1.82) is 0 Å². The van der Waals surface area contributed by atoms with Crippen LogP contribution in [0.4, 0.5) is 4.39 Å². The van der Waals surface area contributed by atoms with Crippen LogP contribution in [0.25, 0.3) is 17.2 Å². The first-order chi connectivity index (χ1) is 13.8. The molecule has 0 saturated carbocycles. The van der Waals surface area contributed by atoms with Gasteiger partial charge in [0, 0.05) is 22.7 Å². The number of hydrogen-bond donors (Lipinski definition) is 0. The van der Waals surface area contributed by atoms with E-state index in [0.717, 1.165) is 9.15 Å². The van der Waals surface area contributed by atoms with Crippen LogP contribution in [0.15, 0.2) is 45.8 Å². The molecule has 7 nitrogen and oxygen atoms in total. The maximum absolute atomic E-state index is 13.8. The number of rotatable bonds is 7. The number of aromatic nitrogens is 4. The number of nitrogens with zero attached hydrogens (tertiary/aromatic N) is 4. The van der Waals surface area contributed by atoms with Gasteiger partial charge in [-0.15, -0.1) is 5.10 Å². The average molecular weight is 463 g/mol. The smallest absolute Gasteiger partial charge is 0.352 e. The minimum absolute atomic E-state index is 0.0197. The summed E-state index contributed by atoms with van der Waals surface area (Å²) in [6.07, 6.45) is 1.88. The summed E-state index contributed by atoms with van der Waals surface area (Å²) in [5.41, 5.74) is -0.0521. The normalized spacial score (nSPS) is 11.1. The Hall–Kier alpha value is -2.81.